The van der Waals surface area contributed by atoms with Crippen LogP contribution in [0.4, 0.5) is 0 Å². The van der Waals surface area contributed by atoms with Gasteiger partial charge in [-0.2, -0.15) is 0 Å². The molecule has 1 aromatic carbocycles. The van der Waals surface area contributed by atoms with Gasteiger partial charge >= 0.3 is 0 Å². The van der Waals surface area contributed by atoms with Crippen LogP contribution in [-0.2, 0) is 9.59 Å². The highest BCUT2D eigenvalue weighted by Crippen LogP contribution is 2.63. The predicted octanol–water partition coefficient (Wildman–Crippen LogP) is 4.51. The highest BCUT2D eigenvalue weighted by molar-refractivity contribution is 6.44. The van der Waals surface area contributed by atoms with Gasteiger partial charge in [0.05, 0.1) is 11.8 Å². The molecule has 144 valence electrons. The van der Waals surface area contributed by atoms with Crippen LogP contribution in [-0.4, -0.2) is 21.5 Å². The summed E-state index contributed by atoms with van der Waals surface area (Å²) in [5.74, 6) is -1.54. The van der Waals surface area contributed by atoms with E-state index in [1.165, 1.54) is 0 Å². The molecule has 0 aliphatic heterocycles. The summed E-state index contributed by atoms with van der Waals surface area (Å²) in [7, 11) is 0. The number of aromatic nitrogens is 2. The first kappa shape index (κ1) is 17.2. The molecule has 4 aliphatic rings. The molecule has 4 aliphatic carbocycles. The SMILES string of the molecule is CC12C=C(c3ccncc3)C=C1C1C(=O)C(=O)C2c2cc(-c3ccncc3)ccc21. The Morgan fingerprint density at radius 1 is 0.767 bits per heavy atom. The maximum absolute atomic E-state index is 13.2. The minimum Gasteiger partial charge on any atom is -0.290 e. The Labute approximate surface area is 174 Å². The average molecular weight is 390 g/mol. The molecule has 4 heteroatoms. The Bertz CT molecular complexity index is 1290. The summed E-state index contributed by atoms with van der Waals surface area (Å²) >= 11 is 0. The van der Waals surface area contributed by atoms with E-state index in [9.17, 15) is 9.59 Å². The van der Waals surface area contributed by atoms with E-state index in [1.807, 2.05) is 36.4 Å². The number of fused-ring (bicyclic) bond motifs is 1. The van der Waals surface area contributed by atoms with Crippen molar-refractivity contribution in [2.45, 2.75) is 18.8 Å². The predicted molar refractivity (Wildman–Crippen MR) is 114 cm³/mol. The molecular formula is C26H18N2O2. The van der Waals surface area contributed by atoms with E-state index >= 15 is 0 Å². The number of hydrogen-bond donors (Lipinski definition) is 0. The number of rotatable bonds is 2. The van der Waals surface area contributed by atoms with Crippen LogP contribution in [0.25, 0.3) is 16.7 Å². The summed E-state index contributed by atoms with van der Waals surface area (Å²) in [4.78, 5) is 34.4. The zero-order valence-electron chi connectivity index (χ0n) is 16.4. The zero-order valence-corrected chi connectivity index (χ0v) is 16.4. The van der Waals surface area contributed by atoms with Gasteiger partial charge in [0.25, 0.3) is 0 Å². The molecule has 3 atom stereocenters. The maximum Gasteiger partial charge on any atom is 0.210 e. The molecule has 0 saturated heterocycles. The first-order chi connectivity index (χ1) is 14.6. The number of nitrogens with zero attached hydrogens (tertiary/aromatic N) is 2. The van der Waals surface area contributed by atoms with Crippen LogP contribution < -0.4 is 0 Å². The number of ketones is 2. The highest BCUT2D eigenvalue weighted by atomic mass is 16.2. The van der Waals surface area contributed by atoms with E-state index in [1.54, 1.807) is 24.8 Å². The maximum atomic E-state index is 13.2. The Kier molecular flexibility index (Phi) is 3.40. The van der Waals surface area contributed by atoms with Gasteiger partial charge in [-0.3, -0.25) is 19.6 Å². The second kappa shape index (κ2) is 5.92. The second-order valence-corrected chi connectivity index (χ2v) is 8.39. The van der Waals surface area contributed by atoms with E-state index in [-0.39, 0.29) is 11.6 Å². The normalized spacial score (nSPS) is 26.2. The molecule has 0 amide bonds. The quantitative estimate of drug-likeness (QED) is 0.604. The van der Waals surface area contributed by atoms with Gasteiger partial charge in [0.15, 0.2) is 0 Å². The molecule has 2 heterocycles. The second-order valence-electron chi connectivity index (χ2n) is 8.39. The van der Waals surface area contributed by atoms with Crippen molar-refractivity contribution in [2.75, 3.05) is 0 Å². The molecule has 0 N–H and O–H groups in total. The van der Waals surface area contributed by atoms with Crippen molar-refractivity contribution in [3.8, 4) is 11.1 Å². The fraction of sp³-hybridized carbons (Fsp3) is 0.154. The Morgan fingerprint density at radius 2 is 1.43 bits per heavy atom. The van der Waals surface area contributed by atoms with Gasteiger partial charge in [0, 0.05) is 30.2 Å². The van der Waals surface area contributed by atoms with Gasteiger partial charge in [-0.15, -0.1) is 0 Å². The molecule has 0 spiro atoms. The molecule has 30 heavy (non-hydrogen) atoms. The lowest BCUT2D eigenvalue weighted by Gasteiger charge is -2.48. The molecule has 3 unspecified atom stereocenters. The molecule has 1 fully saturated rings. The Hall–Kier alpha value is -3.66. The number of carbonyl (C=O) groups is 2. The fourth-order valence-corrected chi connectivity index (χ4v) is 5.41. The van der Waals surface area contributed by atoms with E-state index < -0.39 is 17.3 Å². The lowest BCUT2D eigenvalue weighted by Crippen LogP contribution is -2.49. The van der Waals surface area contributed by atoms with Crippen LogP contribution in [0.5, 0.6) is 0 Å². The van der Waals surface area contributed by atoms with Gasteiger partial charge < -0.3 is 0 Å². The van der Waals surface area contributed by atoms with Crippen LogP contribution in [0, 0.1) is 5.41 Å². The summed E-state index contributed by atoms with van der Waals surface area (Å²) < 4.78 is 0. The number of allylic oxidation sites excluding steroid dienone is 4. The zero-order chi connectivity index (χ0) is 20.5. The van der Waals surface area contributed by atoms with Crippen LogP contribution in [0.1, 0.15) is 35.4 Å². The van der Waals surface area contributed by atoms with Crippen LogP contribution in [0.15, 0.2) is 85.0 Å². The largest absolute Gasteiger partial charge is 0.290 e. The van der Waals surface area contributed by atoms with Gasteiger partial charge in [-0.05, 0) is 63.2 Å². The van der Waals surface area contributed by atoms with Crippen LogP contribution in [0.2, 0.25) is 0 Å². The monoisotopic (exact) mass is 390 g/mol. The Balaban J connectivity index is 1.55. The third kappa shape index (κ3) is 2.16. The number of Topliss-reactive ketones (excluding diaryl/α,β-unsaturated/α-hetero) is 2. The molecule has 3 aromatic rings. The lowest BCUT2D eigenvalue weighted by molar-refractivity contribution is -0.141. The summed E-state index contributed by atoms with van der Waals surface area (Å²) in [5, 5.41) is 0. The van der Waals surface area contributed by atoms with E-state index in [4.69, 9.17) is 0 Å². The van der Waals surface area contributed by atoms with E-state index in [2.05, 4.69) is 35.1 Å². The van der Waals surface area contributed by atoms with Crippen LogP contribution in [0.3, 0.4) is 0 Å². The third-order valence-electron chi connectivity index (χ3n) is 6.80. The van der Waals surface area contributed by atoms with Crippen molar-refractivity contribution in [3.05, 3.63) is 102 Å². The Morgan fingerprint density at radius 3 is 2.13 bits per heavy atom. The standard InChI is InChI=1S/C26H18N2O2/c1-26-14-18(16-6-10-28-11-7-16)13-21(26)22-19-3-2-17(15-4-8-27-9-5-15)12-20(19)23(26)25(30)24(22)29/h2-14,22-23H,1H3. The van der Waals surface area contributed by atoms with Crippen molar-refractivity contribution in [1.29, 1.82) is 0 Å². The van der Waals surface area contributed by atoms with Gasteiger partial charge in [-0.1, -0.05) is 37.3 Å². The van der Waals surface area contributed by atoms with Gasteiger partial charge in [0.2, 0.25) is 11.6 Å². The molecular weight excluding hydrogens is 372 g/mol. The lowest BCUT2D eigenvalue weighted by atomic mass is 9.52. The third-order valence-corrected chi connectivity index (χ3v) is 6.80. The smallest absolute Gasteiger partial charge is 0.210 e. The number of pyridine rings is 2. The molecule has 4 nitrogen and oxygen atoms in total. The molecule has 2 aromatic heterocycles. The minimum atomic E-state index is -0.496. The van der Waals surface area contributed by atoms with Gasteiger partial charge in [0.1, 0.15) is 0 Å². The fourth-order valence-electron chi connectivity index (χ4n) is 5.41. The van der Waals surface area contributed by atoms with Crippen molar-refractivity contribution < 1.29 is 9.59 Å². The first-order valence-electron chi connectivity index (χ1n) is 10.1. The van der Waals surface area contributed by atoms with Crippen molar-refractivity contribution in [3.63, 3.8) is 0 Å². The summed E-state index contributed by atoms with van der Waals surface area (Å²) in [5.41, 5.74) is 6.68. The summed E-state index contributed by atoms with van der Waals surface area (Å²) in [6.45, 7) is 2.09. The van der Waals surface area contributed by atoms with Crippen molar-refractivity contribution in [2.24, 2.45) is 5.41 Å². The first-order valence-corrected chi connectivity index (χ1v) is 10.1. The topological polar surface area (TPSA) is 59.9 Å². The number of carbonyl (C=O) groups excluding carboxylic acids is 2. The average Bonchev–Trinajstić information content (AvgIpc) is 3.15. The van der Waals surface area contributed by atoms with Crippen LogP contribution >= 0.6 is 0 Å². The van der Waals surface area contributed by atoms with E-state index in [0.717, 1.165) is 39.0 Å². The van der Waals surface area contributed by atoms with E-state index in [0.29, 0.717) is 0 Å². The molecule has 1 saturated carbocycles. The molecule has 2 bridgehead atoms. The highest BCUT2D eigenvalue weighted by Gasteiger charge is 2.59. The summed E-state index contributed by atoms with van der Waals surface area (Å²) in [6, 6.07) is 14.0. The number of hydrogen-bond acceptors (Lipinski definition) is 4. The molecule has 7 rings (SSSR count). The minimum absolute atomic E-state index is 0.272. The summed E-state index contributed by atoms with van der Waals surface area (Å²) in [6.07, 6.45) is 11.3. The van der Waals surface area contributed by atoms with Crippen molar-refractivity contribution >= 4 is 17.1 Å². The van der Waals surface area contributed by atoms with Gasteiger partial charge in [-0.25, -0.2) is 0 Å². The van der Waals surface area contributed by atoms with Crippen molar-refractivity contribution in [1.82, 2.24) is 9.97 Å². The molecule has 0 radical (unpaired) electrons. The number of benzene rings is 1.